The van der Waals surface area contributed by atoms with E-state index in [0.717, 1.165) is 21.4 Å². The van der Waals surface area contributed by atoms with Crippen molar-refractivity contribution in [3.63, 3.8) is 0 Å². The highest BCUT2D eigenvalue weighted by Gasteiger charge is 2.14. The summed E-state index contributed by atoms with van der Waals surface area (Å²) in [6.45, 7) is 6.73. The molecule has 1 amide bonds. The van der Waals surface area contributed by atoms with Gasteiger partial charge in [0.2, 0.25) is 10.9 Å². The fourth-order valence-corrected chi connectivity index (χ4v) is 3.30. The zero-order chi connectivity index (χ0) is 17.1. The Kier molecular flexibility index (Phi) is 4.89. The molecule has 0 aliphatic rings. The Balaban J connectivity index is 1.54. The summed E-state index contributed by atoms with van der Waals surface area (Å²) >= 11 is 1.49. The molecule has 0 saturated carbocycles. The predicted molar refractivity (Wildman–Crippen MR) is 94.1 cm³/mol. The lowest BCUT2D eigenvalue weighted by molar-refractivity contribution is -0.121. The Morgan fingerprint density at radius 1 is 1.33 bits per heavy atom. The highest BCUT2D eigenvalue weighted by Crippen LogP contribution is 2.19. The SMILES string of the molecule is Cc1cccc(CNC(=O)CCc2nn3c(C(C)C)nnc3s2)c1. The number of aryl methyl sites for hydroxylation is 2. The Bertz CT molecular complexity index is 852. The Morgan fingerprint density at radius 3 is 2.92 bits per heavy atom. The third-order valence-electron chi connectivity index (χ3n) is 3.71. The minimum atomic E-state index is 0.0338. The van der Waals surface area contributed by atoms with Crippen LogP contribution in [0, 0.1) is 6.92 Å². The Hall–Kier alpha value is -2.28. The molecule has 6 nitrogen and oxygen atoms in total. The van der Waals surface area contributed by atoms with Gasteiger partial charge in [-0.15, -0.1) is 10.2 Å². The molecule has 0 aliphatic heterocycles. The number of amides is 1. The van der Waals surface area contributed by atoms with E-state index in [2.05, 4.69) is 40.5 Å². The lowest BCUT2D eigenvalue weighted by Crippen LogP contribution is -2.23. The van der Waals surface area contributed by atoms with Crippen molar-refractivity contribution in [2.24, 2.45) is 0 Å². The fraction of sp³-hybridized carbons (Fsp3) is 0.412. The molecule has 0 radical (unpaired) electrons. The molecular formula is C17H21N5OS. The Morgan fingerprint density at radius 2 is 2.17 bits per heavy atom. The van der Waals surface area contributed by atoms with Crippen molar-refractivity contribution in [1.82, 2.24) is 25.1 Å². The van der Waals surface area contributed by atoms with Gasteiger partial charge in [0.25, 0.3) is 0 Å². The minimum Gasteiger partial charge on any atom is -0.352 e. The summed E-state index contributed by atoms with van der Waals surface area (Å²) in [6, 6.07) is 8.15. The summed E-state index contributed by atoms with van der Waals surface area (Å²) in [5.41, 5.74) is 2.31. The molecule has 0 bridgehead atoms. The summed E-state index contributed by atoms with van der Waals surface area (Å²) in [6.07, 6.45) is 1.04. The van der Waals surface area contributed by atoms with Crippen LogP contribution >= 0.6 is 11.3 Å². The molecule has 2 heterocycles. The first-order valence-electron chi connectivity index (χ1n) is 8.06. The monoisotopic (exact) mass is 343 g/mol. The lowest BCUT2D eigenvalue weighted by Gasteiger charge is -2.05. The van der Waals surface area contributed by atoms with E-state index in [4.69, 9.17) is 0 Å². The molecule has 126 valence electrons. The van der Waals surface area contributed by atoms with E-state index in [1.165, 1.54) is 16.9 Å². The molecule has 0 saturated heterocycles. The van der Waals surface area contributed by atoms with Crippen LogP contribution in [0.1, 0.15) is 48.1 Å². The summed E-state index contributed by atoms with van der Waals surface area (Å²) < 4.78 is 1.79. The van der Waals surface area contributed by atoms with E-state index in [9.17, 15) is 4.79 Å². The molecule has 24 heavy (non-hydrogen) atoms. The van der Waals surface area contributed by atoms with Gasteiger partial charge in [-0.25, -0.2) is 0 Å². The third kappa shape index (κ3) is 3.79. The molecule has 0 unspecified atom stereocenters. The lowest BCUT2D eigenvalue weighted by atomic mass is 10.1. The first-order chi connectivity index (χ1) is 11.5. The number of nitrogens with one attached hydrogen (secondary N) is 1. The summed E-state index contributed by atoms with van der Waals surface area (Å²) in [4.78, 5) is 12.8. The zero-order valence-electron chi connectivity index (χ0n) is 14.1. The molecule has 0 atom stereocenters. The van der Waals surface area contributed by atoms with Crippen LogP contribution in [0.4, 0.5) is 0 Å². The van der Waals surface area contributed by atoms with Crippen molar-refractivity contribution < 1.29 is 4.79 Å². The number of hydrogen-bond donors (Lipinski definition) is 1. The number of fused-ring (bicyclic) bond motifs is 1. The molecule has 3 aromatic rings. The smallest absolute Gasteiger partial charge is 0.234 e. The van der Waals surface area contributed by atoms with Gasteiger partial charge in [0.1, 0.15) is 5.01 Å². The first kappa shape index (κ1) is 16.6. The van der Waals surface area contributed by atoms with Crippen molar-refractivity contribution >= 4 is 22.2 Å². The molecule has 1 aromatic carbocycles. The number of hydrogen-bond acceptors (Lipinski definition) is 5. The van der Waals surface area contributed by atoms with Gasteiger partial charge < -0.3 is 5.32 Å². The van der Waals surface area contributed by atoms with Crippen LogP contribution in [0.3, 0.4) is 0 Å². The van der Waals surface area contributed by atoms with Crippen LogP contribution in [0.2, 0.25) is 0 Å². The third-order valence-corrected chi connectivity index (χ3v) is 4.67. The van der Waals surface area contributed by atoms with Crippen LogP contribution in [0.5, 0.6) is 0 Å². The largest absolute Gasteiger partial charge is 0.352 e. The number of nitrogens with zero attached hydrogens (tertiary/aromatic N) is 4. The highest BCUT2D eigenvalue weighted by molar-refractivity contribution is 7.16. The second-order valence-electron chi connectivity index (χ2n) is 6.17. The van der Waals surface area contributed by atoms with E-state index < -0.39 is 0 Å². The van der Waals surface area contributed by atoms with Gasteiger partial charge in [-0.05, 0) is 12.5 Å². The van der Waals surface area contributed by atoms with E-state index in [1.54, 1.807) is 4.52 Å². The van der Waals surface area contributed by atoms with Crippen molar-refractivity contribution in [3.8, 4) is 0 Å². The van der Waals surface area contributed by atoms with Gasteiger partial charge in [0.15, 0.2) is 5.82 Å². The normalized spacial score (nSPS) is 11.3. The quantitative estimate of drug-likeness (QED) is 0.747. The molecule has 0 fully saturated rings. The first-order valence-corrected chi connectivity index (χ1v) is 8.88. The van der Waals surface area contributed by atoms with Crippen molar-refractivity contribution in [2.75, 3.05) is 0 Å². The van der Waals surface area contributed by atoms with Gasteiger partial charge in [-0.1, -0.05) is 55.0 Å². The molecule has 7 heteroatoms. The van der Waals surface area contributed by atoms with Crippen molar-refractivity contribution in [3.05, 3.63) is 46.2 Å². The molecule has 3 rings (SSSR count). The summed E-state index contributed by atoms with van der Waals surface area (Å²) in [5, 5.41) is 16.7. The second kappa shape index (κ2) is 7.09. The molecular weight excluding hydrogens is 322 g/mol. The minimum absolute atomic E-state index is 0.0338. The maximum absolute atomic E-state index is 12.0. The average molecular weight is 343 g/mol. The van der Waals surface area contributed by atoms with Crippen molar-refractivity contribution in [2.45, 2.75) is 46.1 Å². The van der Waals surface area contributed by atoms with Gasteiger partial charge in [0, 0.05) is 25.3 Å². The number of rotatable bonds is 6. The number of carbonyl (C=O) groups excluding carboxylic acids is 1. The topological polar surface area (TPSA) is 72.2 Å². The molecule has 0 spiro atoms. The molecule has 0 aliphatic carbocycles. The van der Waals surface area contributed by atoms with Crippen LogP contribution in [0.25, 0.3) is 4.96 Å². The maximum Gasteiger partial charge on any atom is 0.234 e. The van der Waals surface area contributed by atoms with Crippen LogP contribution in [-0.4, -0.2) is 25.7 Å². The van der Waals surface area contributed by atoms with E-state index in [1.807, 2.05) is 25.1 Å². The van der Waals surface area contributed by atoms with Gasteiger partial charge in [-0.3, -0.25) is 4.79 Å². The van der Waals surface area contributed by atoms with Crippen LogP contribution < -0.4 is 5.32 Å². The van der Waals surface area contributed by atoms with E-state index in [0.29, 0.717) is 19.4 Å². The predicted octanol–water partition coefficient (Wildman–Crippen LogP) is 2.87. The zero-order valence-corrected chi connectivity index (χ0v) is 14.9. The summed E-state index contributed by atoms with van der Waals surface area (Å²) in [5.74, 6) is 1.16. The van der Waals surface area contributed by atoms with Crippen molar-refractivity contribution in [1.29, 1.82) is 0 Å². The van der Waals surface area contributed by atoms with Crippen LogP contribution in [-0.2, 0) is 17.8 Å². The highest BCUT2D eigenvalue weighted by atomic mass is 32.1. The average Bonchev–Trinajstić information content (AvgIpc) is 3.10. The molecule has 1 N–H and O–H groups in total. The summed E-state index contributed by atoms with van der Waals surface area (Å²) in [7, 11) is 0. The van der Waals surface area contributed by atoms with E-state index >= 15 is 0 Å². The van der Waals surface area contributed by atoms with Crippen LogP contribution in [0.15, 0.2) is 24.3 Å². The van der Waals surface area contributed by atoms with Gasteiger partial charge >= 0.3 is 0 Å². The standard InChI is InChI=1S/C17H21N5OS/c1-11(2)16-19-20-17-22(16)21-15(24-17)8-7-14(23)18-10-13-6-4-5-12(3)9-13/h4-6,9,11H,7-8,10H2,1-3H3,(H,18,23). The number of carbonyl (C=O) groups is 1. The van der Waals surface area contributed by atoms with Gasteiger partial charge in [-0.2, -0.15) is 9.61 Å². The number of aromatic nitrogens is 4. The maximum atomic E-state index is 12.0. The Labute approximate surface area is 144 Å². The van der Waals surface area contributed by atoms with E-state index in [-0.39, 0.29) is 11.8 Å². The molecule has 2 aromatic heterocycles. The second-order valence-corrected chi connectivity index (χ2v) is 7.21. The van der Waals surface area contributed by atoms with Gasteiger partial charge in [0.05, 0.1) is 0 Å². The fourth-order valence-electron chi connectivity index (χ4n) is 2.46. The number of benzene rings is 1.